The third kappa shape index (κ3) is 11.3. The molecule has 1 unspecified atom stereocenters. The highest BCUT2D eigenvalue weighted by atomic mass is 127. The van der Waals surface area contributed by atoms with E-state index in [2.05, 4.69) is 55.6 Å². The lowest BCUT2D eigenvalue weighted by atomic mass is 9.89. The van der Waals surface area contributed by atoms with Crippen LogP contribution < -0.4 is 16.0 Å². The number of anilines is 1. The highest BCUT2D eigenvalue weighted by molar-refractivity contribution is 14.0. The maximum absolute atomic E-state index is 11.2. The number of benzene rings is 1. The van der Waals surface area contributed by atoms with Gasteiger partial charge in [-0.15, -0.1) is 24.0 Å². The topological polar surface area (TPSA) is 65.5 Å². The van der Waals surface area contributed by atoms with Gasteiger partial charge in [0.05, 0.1) is 6.54 Å². The fraction of sp³-hybridized carbons (Fsp3) is 0.600. The van der Waals surface area contributed by atoms with Crippen molar-refractivity contribution in [2.75, 3.05) is 11.9 Å². The van der Waals surface area contributed by atoms with Crippen LogP contribution in [0.1, 0.15) is 59.9 Å². The molecule has 3 N–H and O–H groups in total. The summed E-state index contributed by atoms with van der Waals surface area (Å²) in [6, 6.07) is 8.15. The number of nitrogens with one attached hydrogen (secondary N) is 3. The summed E-state index contributed by atoms with van der Waals surface area (Å²) in [6.45, 7) is 13.9. The van der Waals surface area contributed by atoms with Gasteiger partial charge in [-0.1, -0.05) is 32.9 Å². The molecule has 0 saturated heterocycles. The molecular formula is C20H35IN4O. The second kappa shape index (κ2) is 12.1. The van der Waals surface area contributed by atoms with Crippen LogP contribution in [0.25, 0.3) is 0 Å². The summed E-state index contributed by atoms with van der Waals surface area (Å²) < 4.78 is 0. The Balaban J connectivity index is 0.00000625. The first kappa shape index (κ1) is 24.7. The lowest BCUT2D eigenvalue weighted by molar-refractivity contribution is -0.114. The molecule has 1 amide bonds. The normalized spacial score (nSPS) is 12.8. The third-order valence-corrected chi connectivity index (χ3v) is 3.72. The maximum atomic E-state index is 11.2. The highest BCUT2D eigenvalue weighted by Gasteiger charge is 2.13. The number of rotatable bonds is 7. The summed E-state index contributed by atoms with van der Waals surface area (Å²) in [5, 5.41) is 9.58. The number of amides is 1. The van der Waals surface area contributed by atoms with Crippen LogP contribution in [-0.4, -0.2) is 24.5 Å². The Bertz CT molecular complexity index is 581. The van der Waals surface area contributed by atoms with Crippen molar-refractivity contribution in [1.82, 2.24) is 10.6 Å². The molecule has 26 heavy (non-hydrogen) atoms. The predicted octanol–water partition coefficient (Wildman–Crippen LogP) is 4.53. The monoisotopic (exact) mass is 474 g/mol. The van der Waals surface area contributed by atoms with Gasteiger partial charge in [0.25, 0.3) is 0 Å². The summed E-state index contributed by atoms with van der Waals surface area (Å²) in [5.41, 5.74) is 2.21. The van der Waals surface area contributed by atoms with Crippen LogP contribution in [0.3, 0.4) is 0 Å². The van der Waals surface area contributed by atoms with E-state index in [9.17, 15) is 4.79 Å². The van der Waals surface area contributed by atoms with E-state index in [-0.39, 0.29) is 29.9 Å². The number of halogens is 1. The largest absolute Gasteiger partial charge is 0.357 e. The minimum Gasteiger partial charge on any atom is -0.357 e. The van der Waals surface area contributed by atoms with Gasteiger partial charge in [0.2, 0.25) is 5.91 Å². The van der Waals surface area contributed by atoms with Gasteiger partial charge >= 0.3 is 0 Å². The average Bonchev–Trinajstić information content (AvgIpc) is 2.50. The molecule has 0 aliphatic heterocycles. The molecule has 0 heterocycles. The molecule has 1 atom stereocenters. The number of carbonyl (C=O) groups excluding carboxylic acids is 1. The summed E-state index contributed by atoms with van der Waals surface area (Å²) in [7, 11) is 0. The van der Waals surface area contributed by atoms with E-state index in [4.69, 9.17) is 0 Å². The Kier molecular flexibility index (Phi) is 11.5. The summed E-state index contributed by atoms with van der Waals surface area (Å²) in [5.74, 6) is 0.761. The molecule has 0 aromatic heterocycles. The van der Waals surface area contributed by atoms with Gasteiger partial charge in [-0.2, -0.15) is 0 Å². The molecule has 0 spiro atoms. The molecular weight excluding hydrogens is 439 g/mol. The SMILES string of the molecule is CCNC(=NCc1cccc(NC(C)=O)c1)NC(C)CCC(C)(C)C.I. The van der Waals surface area contributed by atoms with Crippen molar-refractivity contribution in [1.29, 1.82) is 0 Å². The second-order valence-electron chi connectivity index (χ2n) is 7.72. The number of guanidine groups is 1. The first-order valence-electron chi connectivity index (χ1n) is 9.11. The molecule has 0 aliphatic rings. The zero-order chi connectivity index (χ0) is 18.9. The lowest BCUT2D eigenvalue weighted by Gasteiger charge is -2.23. The zero-order valence-corrected chi connectivity index (χ0v) is 19.3. The van der Waals surface area contributed by atoms with Crippen molar-refractivity contribution in [2.24, 2.45) is 10.4 Å². The summed E-state index contributed by atoms with van der Waals surface area (Å²) in [4.78, 5) is 15.8. The molecule has 148 valence electrons. The number of nitrogens with zero attached hydrogens (tertiary/aromatic N) is 1. The van der Waals surface area contributed by atoms with Crippen LogP contribution >= 0.6 is 24.0 Å². The number of carbonyl (C=O) groups is 1. The zero-order valence-electron chi connectivity index (χ0n) is 17.0. The minimum absolute atomic E-state index is 0. The van der Waals surface area contributed by atoms with E-state index in [1.54, 1.807) is 0 Å². The van der Waals surface area contributed by atoms with Crippen molar-refractivity contribution in [3.63, 3.8) is 0 Å². The maximum Gasteiger partial charge on any atom is 0.221 e. The van der Waals surface area contributed by atoms with Gasteiger partial charge in [-0.05, 0) is 49.8 Å². The van der Waals surface area contributed by atoms with E-state index >= 15 is 0 Å². The fourth-order valence-electron chi connectivity index (χ4n) is 2.40. The molecule has 6 heteroatoms. The first-order valence-corrected chi connectivity index (χ1v) is 9.11. The van der Waals surface area contributed by atoms with E-state index in [1.165, 1.54) is 13.3 Å². The molecule has 0 radical (unpaired) electrons. The summed E-state index contributed by atoms with van der Waals surface area (Å²) in [6.07, 6.45) is 2.27. The van der Waals surface area contributed by atoms with E-state index in [0.29, 0.717) is 18.0 Å². The van der Waals surface area contributed by atoms with E-state index in [0.717, 1.165) is 30.2 Å². The standard InChI is InChI=1S/C20H34N4O.HI/c1-7-21-19(23-15(2)11-12-20(4,5)6)22-14-17-9-8-10-18(13-17)24-16(3)25;/h8-10,13,15H,7,11-12,14H2,1-6H3,(H,24,25)(H2,21,22,23);1H. The van der Waals surface area contributed by atoms with E-state index < -0.39 is 0 Å². The number of hydrogen-bond acceptors (Lipinski definition) is 2. The quantitative estimate of drug-likeness (QED) is 0.309. The van der Waals surface area contributed by atoms with Gasteiger partial charge < -0.3 is 16.0 Å². The van der Waals surface area contributed by atoms with Crippen LogP contribution in [0.5, 0.6) is 0 Å². The Labute approximate surface area is 175 Å². The van der Waals surface area contributed by atoms with Crippen LogP contribution in [-0.2, 0) is 11.3 Å². The molecule has 5 nitrogen and oxygen atoms in total. The van der Waals surface area contributed by atoms with Crippen molar-refractivity contribution in [3.05, 3.63) is 29.8 Å². The van der Waals surface area contributed by atoms with Gasteiger partial charge in [-0.25, -0.2) is 4.99 Å². The molecule has 0 fully saturated rings. The fourth-order valence-corrected chi connectivity index (χ4v) is 2.40. The molecule has 0 bridgehead atoms. The van der Waals surface area contributed by atoms with E-state index in [1.807, 2.05) is 24.3 Å². The Morgan fingerprint density at radius 2 is 1.96 bits per heavy atom. The van der Waals surface area contributed by atoms with Gasteiger partial charge in [-0.3, -0.25) is 4.79 Å². The lowest BCUT2D eigenvalue weighted by Crippen LogP contribution is -2.42. The average molecular weight is 474 g/mol. The Morgan fingerprint density at radius 3 is 2.54 bits per heavy atom. The van der Waals surface area contributed by atoms with Gasteiger partial charge in [0.15, 0.2) is 5.96 Å². The predicted molar refractivity (Wildman–Crippen MR) is 122 cm³/mol. The minimum atomic E-state index is -0.0664. The number of hydrogen-bond donors (Lipinski definition) is 3. The van der Waals surface area contributed by atoms with Gasteiger partial charge in [0, 0.05) is 25.2 Å². The molecule has 1 aromatic carbocycles. The Morgan fingerprint density at radius 1 is 1.27 bits per heavy atom. The smallest absolute Gasteiger partial charge is 0.221 e. The third-order valence-electron chi connectivity index (χ3n) is 3.72. The molecule has 0 aliphatic carbocycles. The first-order chi connectivity index (χ1) is 11.7. The van der Waals surface area contributed by atoms with Crippen molar-refractivity contribution >= 4 is 41.5 Å². The molecule has 1 rings (SSSR count). The Hall–Kier alpha value is -1.31. The van der Waals surface area contributed by atoms with Crippen molar-refractivity contribution in [2.45, 2.75) is 67.0 Å². The van der Waals surface area contributed by atoms with Crippen LogP contribution in [0.15, 0.2) is 29.3 Å². The number of aliphatic imine (C=N–C) groups is 1. The summed E-state index contributed by atoms with van der Waals surface area (Å²) >= 11 is 0. The van der Waals surface area contributed by atoms with Crippen LogP contribution in [0.4, 0.5) is 5.69 Å². The van der Waals surface area contributed by atoms with Crippen LogP contribution in [0.2, 0.25) is 0 Å². The highest BCUT2D eigenvalue weighted by Crippen LogP contribution is 2.21. The second-order valence-corrected chi connectivity index (χ2v) is 7.72. The van der Waals surface area contributed by atoms with Gasteiger partial charge in [0.1, 0.15) is 0 Å². The van der Waals surface area contributed by atoms with Crippen molar-refractivity contribution in [3.8, 4) is 0 Å². The molecule has 0 saturated carbocycles. The van der Waals surface area contributed by atoms with Crippen molar-refractivity contribution < 1.29 is 4.79 Å². The molecule has 1 aromatic rings. The van der Waals surface area contributed by atoms with Crippen LogP contribution in [0, 0.1) is 5.41 Å².